The number of nitrogens with one attached hydrogen (secondary N) is 3. The third-order valence-electron chi connectivity index (χ3n) is 21.9. The minimum Gasteiger partial charge on any atom is -0.377 e. The third kappa shape index (κ3) is 19.5. The van der Waals surface area contributed by atoms with E-state index in [4.69, 9.17) is 4.74 Å². The molecule has 2 aromatic rings. The standard InChI is InChI=1S/C74H102F6N12O13/c1-12-43(3)62-70(102)86(7)42-60(95)87(8)53-22-15-14-18-33-91(69(53)101)57(37-45-25-28-48(75)29-26-45)68(100)85(6)41-58(93)81-52(30-27-46-34-50(76)61(51(77)35-46)74(78,79)80)66(98)92-40-49(105-13-2)38-55(92)65(97)83-73(31-19-32-73)72(104)90(11)63(47-20-16-17-21-47)71(103)89(10)56(67(99)84(4)5)39-59(94)88(9)54(64(96)82-62)36-44-23-24-44/h14-15,25-26,28-29,34-35,43-44,47,49,52-57,62-63H,12-13,16-24,27,30-33,36-42H2,1-11H3,(H,81,93)(H,82,96)(H,83,97)/b15-14-/t43-,49+,52+,53-,54-,55-,56-,57-,62-,63-/m0/s1. The second-order valence-electron chi connectivity index (χ2n) is 29.5. The van der Waals surface area contributed by atoms with Crippen LogP contribution in [0.25, 0.3) is 0 Å². The van der Waals surface area contributed by atoms with E-state index >= 15 is 37.5 Å². The molecule has 3 aliphatic heterocycles. The van der Waals surface area contributed by atoms with Crippen LogP contribution >= 0.6 is 0 Å². The van der Waals surface area contributed by atoms with Gasteiger partial charge in [-0.2, -0.15) is 13.2 Å². The fourth-order valence-corrected chi connectivity index (χ4v) is 15.1. The number of carbonyl (C=O) groups excluding carboxylic acids is 12. The molecule has 3 heterocycles. The smallest absolute Gasteiger partial charge is 0.377 e. The molecule has 6 aliphatic rings. The number of hydrogen-bond acceptors (Lipinski definition) is 13. The Morgan fingerprint density at radius 3 is 1.90 bits per heavy atom. The molecule has 0 unspecified atom stereocenters. The molecule has 2 aromatic carbocycles. The van der Waals surface area contributed by atoms with Crippen molar-refractivity contribution in [2.24, 2.45) is 17.8 Å². The number of likely N-dealkylation sites (N-methyl/N-ethyl adjacent to an activating group) is 7. The molecule has 2 bridgehead atoms. The van der Waals surface area contributed by atoms with Gasteiger partial charge in [-0.1, -0.05) is 70.2 Å². The predicted octanol–water partition coefficient (Wildman–Crippen LogP) is 4.61. The summed E-state index contributed by atoms with van der Waals surface area (Å²) in [5, 5.41) is 8.40. The van der Waals surface area contributed by atoms with Gasteiger partial charge in [0.05, 0.1) is 25.6 Å². The van der Waals surface area contributed by atoms with Crippen molar-refractivity contribution >= 4 is 70.9 Å². The summed E-state index contributed by atoms with van der Waals surface area (Å²) in [7, 11) is 11.0. The van der Waals surface area contributed by atoms with E-state index in [-0.39, 0.29) is 76.1 Å². The van der Waals surface area contributed by atoms with Gasteiger partial charge in [0.15, 0.2) is 0 Å². The Morgan fingerprint density at radius 1 is 0.686 bits per heavy atom. The van der Waals surface area contributed by atoms with Crippen molar-refractivity contribution in [1.82, 2.24) is 60.0 Å². The second-order valence-corrected chi connectivity index (χ2v) is 29.5. The molecule has 2 saturated heterocycles. The first-order valence-corrected chi connectivity index (χ1v) is 36.4. The van der Waals surface area contributed by atoms with Crippen LogP contribution in [-0.4, -0.2) is 264 Å². The van der Waals surface area contributed by atoms with Gasteiger partial charge >= 0.3 is 6.18 Å². The van der Waals surface area contributed by atoms with E-state index in [1.807, 2.05) is 0 Å². The number of aryl methyl sites for hydroxylation is 1. The molecule has 8 rings (SSSR count). The summed E-state index contributed by atoms with van der Waals surface area (Å²) in [5.41, 5.74) is -3.84. The fourth-order valence-electron chi connectivity index (χ4n) is 15.1. The Bertz CT molecular complexity index is 3560. The number of rotatable bonds is 13. The monoisotopic (exact) mass is 1480 g/mol. The van der Waals surface area contributed by atoms with Crippen molar-refractivity contribution in [2.45, 2.75) is 202 Å². The number of amides is 12. The van der Waals surface area contributed by atoms with Gasteiger partial charge in [0.2, 0.25) is 70.9 Å². The van der Waals surface area contributed by atoms with Crippen molar-refractivity contribution in [3.05, 3.63) is 82.7 Å². The summed E-state index contributed by atoms with van der Waals surface area (Å²) in [6.07, 6.45) is -0.00832. The second kappa shape index (κ2) is 35.2. The summed E-state index contributed by atoms with van der Waals surface area (Å²) >= 11 is 0. The summed E-state index contributed by atoms with van der Waals surface area (Å²) in [6.45, 7) is 3.37. The van der Waals surface area contributed by atoms with Crippen molar-refractivity contribution < 1.29 is 88.6 Å². The van der Waals surface area contributed by atoms with Crippen molar-refractivity contribution in [3.8, 4) is 0 Å². The van der Waals surface area contributed by atoms with Crippen LogP contribution in [0.4, 0.5) is 26.3 Å². The van der Waals surface area contributed by atoms with Gasteiger partial charge in [-0.25, -0.2) is 13.2 Å². The van der Waals surface area contributed by atoms with Crippen LogP contribution in [0, 0.1) is 35.2 Å². The van der Waals surface area contributed by atoms with E-state index in [0.717, 1.165) is 49.5 Å². The molecule has 31 heteroatoms. The van der Waals surface area contributed by atoms with Crippen LogP contribution in [0.15, 0.2) is 48.6 Å². The number of ether oxygens (including phenoxy) is 1. The Hall–Kier alpha value is -8.64. The number of hydrogen-bond donors (Lipinski definition) is 3. The highest BCUT2D eigenvalue weighted by atomic mass is 19.4. The molecule has 25 nitrogen and oxygen atoms in total. The Labute approximate surface area is 609 Å². The van der Waals surface area contributed by atoms with Crippen molar-refractivity contribution in [2.75, 3.05) is 89.2 Å². The molecule has 10 atom stereocenters. The molecule has 0 radical (unpaired) electrons. The summed E-state index contributed by atoms with van der Waals surface area (Å²) in [5.74, 6) is -14.8. The van der Waals surface area contributed by atoms with Gasteiger partial charge in [0.1, 0.15) is 76.9 Å². The molecule has 578 valence electrons. The molecule has 3 saturated carbocycles. The zero-order valence-corrected chi connectivity index (χ0v) is 61.9. The van der Waals surface area contributed by atoms with Gasteiger partial charge in [-0.15, -0.1) is 0 Å². The molecule has 0 aromatic heterocycles. The SMILES string of the molecule is CCO[C@@H]1C[C@H]2C(=O)NC3(CCC3)C(=O)N(C)[C@@H](C3CCCC3)C(=O)N(C)[C@H](C(=O)N(C)C)CC(=O)N(C)[C@@H](CC3CC3)C(=O)N[C@@H]([C@@H](C)CC)C(=O)N(C)CC(=O)N(C)[C@H]3C/C=C\CCN(C3=O)[C@@H](Cc3ccc(F)cc3)C(=O)N(C)CC(=O)N[C@H](CCc3cc(F)c(C(F)(F)F)c(F)c3)C(=O)N2C1. The average Bonchev–Trinajstić information content (AvgIpc) is 1.16. The van der Waals surface area contributed by atoms with E-state index < -0.39 is 204 Å². The minimum absolute atomic E-state index is 0.0201. The summed E-state index contributed by atoms with van der Waals surface area (Å²) in [4.78, 5) is 191. The predicted molar refractivity (Wildman–Crippen MR) is 371 cm³/mol. The number of carbonyl (C=O) groups is 12. The number of alkyl halides is 3. The normalized spacial score (nSPS) is 27.0. The van der Waals surface area contributed by atoms with Crippen LogP contribution in [0.1, 0.15) is 140 Å². The van der Waals surface area contributed by atoms with E-state index in [1.165, 1.54) is 88.1 Å². The number of halogens is 6. The average molecular weight is 1480 g/mol. The largest absolute Gasteiger partial charge is 0.422 e. The van der Waals surface area contributed by atoms with Crippen LogP contribution in [0.5, 0.6) is 0 Å². The lowest BCUT2D eigenvalue weighted by molar-refractivity contribution is -0.158. The topological polar surface area (TPSA) is 279 Å². The number of fused-ring (bicyclic) bond motifs is 3. The summed E-state index contributed by atoms with van der Waals surface area (Å²) in [6, 6.07) is -5.28. The molecular weight excluding hydrogens is 1380 g/mol. The maximum absolute atomic E-state index is 15.5. The minimum atomic E-state index is -5.43. The first-order chi connectivity index (χ1) is 49.5. The van der Waals surface area contributed by atoms with Crippen LogP contribution < -0.4 is 16.0 Å². The van der Waals surface area contributed by atoms with Gasteiger partial charge in [-0.05, 0) is 124 Å². The van der Waals surface area contributed by atoms with Crippen molar-refractivity contribution in [1.29, 1.82) is 0 Å². The van der Waals surface area contributed by atoms with Crippen LogP contribution in [0.2, 0.25) is 0 Å². The lowest BCUT2D eigenvalue weighted by Gasteiger charge is -2.46. The first-order valence-electron chi connectivity index (χ1n) is 36.4. The lowest BCUT2D eigenvalue weighted by Crippen LogP contribution is -2.68. The molecule has 12 amide bonds. The van der Waals surface area contributed by atoms with Crippen molar-refractivity contribution in [3.63, 3.8) is 0 Å². The molecule has 3 aliphatic carbocycles. The van der Waals surface area contributed by atoms with Crippen LogP contribution in [-0.2, 0) is 81.3 Å². The maximum atomic E-state index is 15.5. The lowest BCUT2D eigenvalue weighted by atomic mass is 9.74. The van der Waals surface area contributed by atoms with E-state index in [1.54, 1.807) is 32.9 Å². The number of nitrogens with zero attached hydrogens (tertiary/aromatic N) is 9. The van der Waals surface area contributed by atoms with Gasteiger partial charge in [0, 0.05) is 88.9 Å². The van der Waals surface area contributed by atoms with E-state index in [9.17, 15) is 46.3 Å². The van der Waals surface area contributed by atoms with Gasteiger partial charge < -0.3 is 64.8 Å². The van der Waals surface area contributed by atoms with Gasteiger partial charge in [0.25, 0.3) is 0 Å². The zero-order chi connectivity index (χ0) is 77.3. The maximum Gasteiger partial charge on any atom is 0.422 e. The Morgan fingerprint density at radius 2 is 1.32 bits per heavy atom. The first kappa shape index (κ1) is 82.0. The zero-order valence-electron chi connectivity index (χ0n) is 61.9. The van der Waals surface area contributed by atoms with E-state index in [0.29, 0.717) is 56.2 Å². The summed E-state index contributed by atoms with van der Waals surface area (Å²) < 4.78 is 92.3. The highest BCUT2D eigenvalue weighted by Crippen LogP contribution is 2.40. The number of benzene rings is 2. The molecule has 3 N–H and O–H groups in total. The Kier molecular flexibility index (Phi) is 27.5. The quantitative estimate of drug-likeness (QED) is 0.183. The fraction of sp³-hybridized carbons (Fsp3) is 0.649. The molecule has 5 fully saturated rings. The van der Waals surface area contributed by atoms with Gasteiger partial charge in [-0.3, -0.25) is 57.5 Å². The third-order valence-corrected chi connectivity index (χ3v) is 21.9. The highest BCUT2D eigenvalue weighted by Gasteiger charge is 2.54. The van der Waals surface area contributed by atoms with Crippen LogP contribution in [0.3, 0.4) is 0 Å². The van der Waals surface area contributed by atoms with E-state index in [2.05, 4.69) is 16.0 Å². The molecule has 105 heavy (non-hydrogen) atoms. The molecular formula is C74H102F6N12O13. The Balaban J connectivity index is 1.21. The molecule has 1 spiro atoms. The highest BCUT2D eigenvalue weighted by molar-refractivity contribution is 6.01.